The third-order valence-corrected chi connectivity index (χ3v) is 5.55. The number of thiophene rings is 1. The third kappa shape index (κ3) is 3.64. The number of aryl methyl sites for hydroxylation is 3. The van der Waals surface area contributed by atoms with Crippen LogP contribution < -0.4 is 10.9 Å². The Morgan fingerprint density at radius 2 is 2.16 bits per heavy atom. The molecule has 0 aliphatic carbocycles. The van der Waals surface area contributed by atoms with Crippen LogP contribution in [0.1, 0.15) is 16.9 Å². The Bertz CT molecular complexity index is 1030. The van der Waals surface area contributed by atoms with Gasteiger partial charge in [0.05, 0.1) is 17.4 Å². The van der Waals surface area contributed by atoms with Crippen LogP contribution in [0, 0.1) is 19.7 Å². The Labute approximate surface area is 155 Å². The smallest absolute Gasteiger partial charge is 0.262 e. The molecule has 0 aliphatic heterocycles. The van der Waals surface area contributed by atoms with Crippen LogP contribution in [0.4, 0.5) is 10.1 Å². The summed E-state index contributed by atoms with van der Waals surface area (Å²) in [4.78, 5) is 30.7. The van der Waals surface area contributed by atoms with Crippen LogP contribution >= 0.6 is 27.3 Å². The summed E-state index contributed by atoms with van der Waals surface area (Å²) in [6, 6.07) is 4.40. The van der Waals surface area contributed by atoms with Crippen molar-refractivity contribution in [3.63, 3.8) is 0 Å². The van der Waals surface area contributed by atoms with Crippen molar-refractivity contribution in [1.82, 2.24) is 9.55 Å². The average Bonchev–Trinajstić information content (AvgIpc) is 2.85. The summed E-state index contributed by atoms with van der Waals surface area (Å²) in [6.07, 6.45) is 1.50. The minimum absolute atomic E-state index is 0.0464. The molecule has 130 valence electrons. The Kier molecular flexibility index (Phi) is 5.01. The number of carbonyl (C=O) groups is 1. The maximum absolute atomic E-state index is 13.8. The number of aromatic nitrogens is 2. The van der Waals surface area contributed by atoms with Crippen molar-refractivity contribution in [1.29, 1.82) is 0 Å². The number of fused-ring (bicyclic) bond motifs is 1. The van der Waals surface area contributed by atoms with Crippen LogP contribution in [-0.4, -0.2) is 15.5 Å². The van der Waals surface area contributed by atoms with Crippen LogP contribution in [0.25, 0.3) is 10.2 Å². The average molecular weight is 424 g/mol. The highest BCUT2D eigenvalue weighted by Crippen LogP contribution is 2.25. The number of hydrogen-bond donors (Lipinski definition) is 1. The van der Waals surface area contributed by atoms with Crippen molar-refractivity contribution in [2.75, 3.05) is 5.32 Å². The number of carbonyl (C=O) groups excluding carboxylic acids is 1. The first-order valence-electron chi connectivity index (χ1n) is 7.57. The van der Waals surface area contributed by atoms with Crippen molar-refractivity contribution >= 4 is 49.1 Å². The quantitative estimate of drug-likeness (QED) is 0.689. The Morgan fingerprint density at radius 1 is 1.40 bits per heavy atom. The second-order valence-electron chi connectivity index (χ2n) is 5.63. The van der Waals surface area contributed by atoms with E-state index in [2.05, 4.69) is 26.2 Å². The maximum atomic E-state index is 13.8. The topological polar surface area (TPSA) is 64.0 Å². The van der Waals surface area contributed by atoms with Gasteiger partial charge in [-0.2, -0.15) is 0 Å². The fourth-order valence-electron chi connectivity index (χ4n) is 2.45. The summed E-state index contributed by atoms with van der Waals surface area (Å²) in [5.41, 5.74) is 0.876. The van der Waals surface area contributed by atoms with Gasteiger partial charge in [-0.05, 0) is 37.6 Å². The fourth-order valence-corrected chi connectivity index (χ4v) is 3.78. The van der Waals surface area contributed by atoms with E-state index >= 15 is 0 Å². The molecule has 0 radical (unpaired) electrons. The molecule has 0 unspecified atom stereocenters. The number of nitrogens with zero attached hydrogens (tertiary/aromatic N) is 2. The van der Waals surface area contributed by atoms with E-state index in [-0.39, 0.29) is 30.1 Å². The van der Waals surface area contributed by atoms with E-state index in [4.69, 9.17) is 0 Å². The zero-order valence-electron chi connectivity index (χ0n) is 13.6. The molecule has 1 aromatic carbocycles. The summed E-state index contributed by atoms with van der Waals surface area (Å²) in [5, 5.41) is 3.11. The lowest BCUT2D eigenvalue weighted by molar-refractivity contribution is -0.116. The zero-order chi connectivity index (χ0) is 18.1. The minimum Gasteiger partial charge on any atom is -0.324 e. The van der Waals surface area contributed by atoms with Gasteiger partial charge < -0.3 is 5.32 Å². The molecule has 1 amide bonds. The van der Waals surface area contributed by atoms with E-state index in [1.54, 1.807) is 6.07 Å². The molecule has 8 heteroatoms. The number of hydrogen-bond acceptors (Lipinski definition) is 4. The molecule has 0 fully saturated rings. The Balaban J connectivity index is 1.74. The number of amides is 1. The van der Waals surface area contributed by atoms with Crippen molar-refractivity contribution < 1.29 is 9.18 Å². The van der Waals surface area contributed by atoms with Gasteiger partial charge >= 0.3 is 0 Å². The van der Waals surface area contributed by atoms with Gasteiger partial charge in [-0.3, -0.25) is 14.2 Å². The van der Waals surface area contributed by atoms with E-state index in [1.807, 2.05) is 13.8 Å². The number of halogens is 2. The Hall–Kier alpha value is -2.06. The van der Waals surface area contributed by atoms with Gasteiger partial charge in [-0.15, -0.1) is 11.3 Å². The first-order chi connectivity index (χ1) is 11.9. The molecular formula is C17H15BrFN3O2S. The van der Waals surface area contributed by atoms with E-state index in [1.165, 1.54) is 34.4 Å². The van der Waals surface area contributed by atoms with Gasteiger partial charge in [-0.1, -0.05) is 15.9 Å². The molecule has 1 N–H and O–H groups in total. The number of rotatable bonds is 4. The van der Waals surface area contributed by atoms with E-state index in [0.717, 1.165) is 10.4 Å². The highest BCUT2D eigenvalue weighted by Gasteiger charge is 2.13. The number of nitrogens with one attached hydrogen (secondary N) is 1. The van der Waals surface area contributed by atoms with Gasteiger partial charge in [-0.25, -0.2) is 9.37 Å². The molecule has 0 spiro atoms. The second-order valence-corrected chi connectivity index (χ2v) is 7.75. The summed E-state index contributed by atoms with van der Waals surface area (Å²) in [7, 11) is 0. The first kappa shape index (κ1) is 17.8. The monoisotopic (exact) mass is 423 g/mol. The van der Waals surface area contributed by atoms with Crippen LogP contribution in [0.5, 0.6) is 0 Å². The normalized spacial score (nSPS) is 11.0. The lowest BCUT2D eigenvalue weighted by Crippen LogP contribution is -2.23. The molecule has 0 saturated carbocycles. The predicted octanol–water partition coefficient (Wildman–Crippen LogP) is 4.01. The zero-order valence-corrected chi connectivity index (χ0v) is 16.0. The van der Waals surface area contributed by atoms with Crippen LogP contribution in [0.15, 0.2) is 33.8 Å². The van der Waals surface area contributed by atoms with Gasteiger partial charge in [0.25, 0.3) is 5.56 Å². The molecule has 25 heavy (non-hydrogen) atoms. The van der Waals surface area contributed by atoms with Gasteiger partial charge in [0, 0.05) is 22.3 Å². The van der Waals surface area contributed by atoms with Crippen LogP contribution in [0.2, 0.25) is 0 Å². The lowest BCUT2D eigenvalue weighted by atomic mass is 10.2. The highest BCUT2D eigenvalue weighted by atomic mass is 79.9. The third-order valence-electron chi connectivity index (χ3n) is 3.94. The van der Waals surface area contributed by atoms with Crippen molar-refractivity contribution in [3.8, 4) is 0 Å². The van der Waals surface area contributed by atoms with Gasteiger partial charge in [0.2, 0.25) is 5.91 Å². The van der Waals surface area contributed by atoms with Crippen LogP contribution in [0.3, 0.4) is 0 Å². The molecule has 2 heterocycles. The molecule has 0 bridgehead atoms. The molecule has 3 rings (SSSR count). The molecule has 0 atom stereocenters. The van der Waals surface area contributed by atoms with Crippen LogP contribution in [-0.2, 0) is 11.3 Å². The number of anilines is 1. The number of benzene rings is 1. The standard InChI is InChI=1S/C17H15BrFN3O2S/c1-9-10(2)25-16-15(9)17(24)22(8-20-16)6-5-14(23)21-13-4-3-11(18)7-12(13)19/h3-4,7-8H,5-6H2,1-2H3,(H,21,23). The van der Waals surface area contributed by atoms with E-state index < -0.39 is 5.82 Å². The van der Waals surface area contributed by atoms with Crippen molar-refractivity contribution in [3.05, 3.63) is 55.6 Å². The largest absolute Gasteiger partial charge is 0.324 e. The molecular weight excluding hydrogens is 409 g/mol. The highest BCUT2D eigenvalue weighted by molar-refractivity contribution is 9.10. The van der Waals surface area contributed by atoms with Crippen molar-refractivity contribution in [2.24, 2.45) is 0 Å². The molecule has 3 aromatic rings. The predicted molar refractivity (Wildman–Crippen MR) is 101 cm³/mol. The second kappa shape index (κ2) is 7.05. The lowest BCUT2D eigenvalue weighted by Gasteiger charge is -2.08. The SMILES string of the molecule is Cc1sc2ncn(CCC(=O)Nc3ccc(Br)cc3F)c(=O)c2c1C. The summed E-state index contributed by atoms with van der Waals surface area (Å²) in [5.74, 6) is -0.890. The van der Waals surface area contributed by atoms with E-state index in [9.17, 15) is 14.0 Å². The summed E-state index contributed by atoms with van der Waals surface area (Å²) < 4.78 is 15.8. The Morgan fingerprint density at radius 3 is 2.88 bits per heavy atom. The summed E-state index contributed by atoms with van der Waals surface area (Å²) in [6.45, 7) is 4.02. The summed E-state index contributed by atoms with van der Waals surface area (Å²) >= 11 is 4.64. The van der Waals surface area contributed by atoms with Gasteiger partial charge in [0.15, 0.2) is 0 Å². The molecule has 0 aliphatic rings. The maximum Gasteiger partial charge on any atom is 0.262 e. The molecule has 2 aromatic heterocycles. The van der Waals surface area contributed by atoms with Gasteiger partial charge in [0.1, 0.15) is 10.6 Å². The first-order valence-corrected chi connectivity index (χ1v) is 9.18. The van der Waals surface area contributed by atoms with Crippen molar-refractivity contribution in [2.45, 2.75) is 26.8 Å². The fraction of sp³-hybridized carbons (Fsp3) is 0.235. The minimum atomic E-state index is -0.521. The molecule has 0 saturated heterocycles. The van der Waals surface area contributed by atoms with E-state index in [0.29, 0.717) is 14.7 Å². The molecule has 5 nitrogen and oxygen atoms in total.